The summed E-state index contributed by atoms with van der Waals surface area (Å²) in [6.45, 7) is 3.40. The zero-order valence-corrected chi connectivity index (χ0v) is 18.3. The van der Waals surface area contributed by atoms with Crippen LogP contribution in [0.25, 0.3) is 11.3 Å². The molecule has 31 heavy (non-hydrogen) atoms. The van der Waals surface area contributed by atoms with Crippen LogP contribution in [0.4, 0.5) is 16.6 Å². The van der Waals surface area contributed by atoms with Crippen LogP contribution in [-0.4, -0.2) is 27.1 Å². The molecule has 8 heteroatoms. The third-order valence-corrected chi connectivity index (χ3v) is 5.41. The van der Waals surface area contributed by atoms with Gasteiger partial charge in [-0.05, 0) is 32.0 Å². The largest absolute Gasteiger partial charge is 0.444 e. The summed E-state index contributed by atoms with van der Waals surface area (Å²) in [6.07, 6.45) is 3.33. The first-order valence-corrected chi connectivity index (χ1v) is 10.6. The molecule has 0 atom stereocenters. The molecule has 0 saturated heterocycles. The molecule has 3 heterocycles. The number of hydrogen-bond acceptors (Lipinski definition) is 8. The predicted octanol–water partition coefficient (Wildman–Crippen LogP) is 5.41. The first kappa shape index (κ1) is 20.8. The van der Waals surface area contributed by atoms with Crippen molar-refractivity contribution in [3.05, 3.63) is 72.7 Å². The topological polar surface area (TPSA) is 92.2 Å². The standard InChI is InChI=1S/C23H23N5O2S/c1-23(2,29)18-13-16(9-11-25-18)27-19-14-17(10-12-26-19)30-21-20(28-22(24-3)31-21)15-7-5-4-6-8-15/h4-14,29H,1-3H3,(H,24,28)(H,25,26,27). The van der Waals surface area contributed by atoms with Gasteiger partial charge in [0.2, 0.25) is 5.06 Å². The van der Waals surface area contributed by atoms with Crippen molar-refractivity contribution >= 4 is 28.0 Å². The molecule has 0 spiro atoms. The molecular formula is C23H23N5O2S. The van der Waals surface area contributed by atoms with Crippen molar-refractivity contribution in [1.82, 2.24) is 15.0 Å². The van der Waals surface area contributed by atoms with Crippen LogP contribution in [-0.2, 0) is 5.60 Å². The molecule has 0 bridgehead atoms. The minimum atomic E-state index is -1.03. The highest BCUT2D eigenvalue weighted by molar-refractivity contribution is 7.17. The predicted molar refractivity (Wildman–Crippen MR) is 124 cm³/mol. The second-order valence-corrected chi connectivity index (χ2v) is 8.33. The molecular weight excluding hydrogens is 410 g/mol. The van der Waals surface area contributed by atoms with Crippen molar-refractivity contribution in [3.8, 4) is 22.1 Å². The molecule has 0 aliphatic carbocycles. The van der Waals surface area contributed by atoms with Gasteiger partial charge in [-0.15, -0.1) is 0 Å². The third-order valence-electron chi connectivity index (χ3n) is 4.46. The number of anilines is 3. The van der Waals surface area contributed by atoms with Gasteiger partial charge in [-0.25, -0.2) is 9.97 Å². The summed E-state index contributed by atoms with van der Waals surface area (Å²) in [4.78, 5) is 13.2. The number of benzene rings is 1. The second-order valence-electron chi connectivity index (χ2n) is 7.36. The summed E-state index contributed by atoms with van der Waals surface area (Å²) >= 11 is 1.44. The smallest absolute Gasteiger partial charge is 0.210 e. The van der Waals surface area contributed by atoms with Crippen LogP contribution < -0.4 is 15.4 Å². The van der Waals surface area contributed by atoms with Crippen LogP contribution in [0.15, 0.2) is 67.0 Å². The highest BCUT2D eigenvalue weighted by atomic mass is 32.1. The maximum Gasteiger partial charge on any atom is 0.210 e. The lowest BCUT2D eigenvalue weighted by molar-refractivity contribution is 0.0739. The molecule has 1 aromatic carbocycles. The zero-order chi connectivity index (χ0) is 21.8. The van der Waals surface area contributed by atoms with Crippen LogP contribution in [0.2, 0.25) is 0 Å². The average molecular weight is 434 g/mol. The summed E-state index contributed by atoms with van der Waals surface area (Å²) in [6, 6.07) is 17.2. The molecule has 0 saturated carbocycles. The van der Waals surface area contributed by atoms with Gasteiger partial charge in [-0.2, -0.15) is 0 Å². The highest BCUT2D eigenvalue weighted by Crippen LogP contribution is 2.40. The van der Waals surface area contributed by atoms with Gasteiger partial charge in [0.25, 0.3) is 0 Å². The van der Waals surface area contributed by atoms with E-state index < -0.39 is 5.60 Å². The van der Waals surface area contributed by atoms with E-state index >= 15 is 0 Å². The molecule has 0 radical (unpaired) electrons. The maximum absolute atomic E-state index is 10.2. The molecule has 3 aromatic heterocycles. The van der Waals surface area contributed by atoms with Crippen LogP contribution >= 0.6 is 11.3 Å². The van der Waals surface area contributed by atoms with Gasteiger partial charge in [0, 0.05) is 36.8 Å². The number of ether oxygens (including phenoxy) is 1. The van der Waals surface area contributed by atoms with Crippen molar-refractivity contribution in [1.29, 1.82) is 0 Å². The number of pyridine rings is 2. The van der Waals surface area contributed by atoms with E-state index in [0.717, 1.165) is 22.1 Å². The Bertz CT molecular complexity index is 1170. The number of aliphatic hydroxyl groups is 1. The summed E-state index contributed by atoms with van der Waals surface area (Å²) < 4.78 is 6.19. The fraction of sp³-hybridized carbons (Fsp3) is 0.174. The molecule has 7 nitrogen and oxygen atoms in total. The molecule has 0 fully saturated rings. The Hall–Kier alpha value is -3.49. The third kappa shape index (κ3) is 4.99. The second kappa shape index (κ2) is 8.71. The van der Waals surface area contributed by atoms with Gasteiger partial charge < -0.3 is 20.5 Å². The van der Waals surface area contributed by atoms with E-state index in [1.165, 1.54) is 11.3 Å². The summed E-state index contributed by atoms with van der Waals surface area (Å²) in [5.41, 5.74) is 2.09. The molecule has 4 rings (SSSR count). The number of rotatable bonds is 7. The molecule has 0 aliphatic heterocycles. The van der Waals surface area contributed by atoms with E-state index in [-0.39, 0.29) is 0 Å². The molecule has 0 unspecified atom stereocenters. The number of thiazole rings is 1. The van der Waals surface area contributed by atoms with Crippen LogP contribution in [0, 0.1) is 0 Å². The molecule has 3 N–H and O–H groups in total. The lowest BCUT2D eigenvalue weighted by Crippen LogP contribution is -2.17. The first-order chi connectivity index (χ1) is 14.9. The van der Waals surface area contributed by atoms with Crippen molar-refractivity contribution < 1.29 is 9.84 Å². The summed E-state index contributed by atoms with van der Waals surface area (Å²) in [5.74, 6) is 1.25. The van der Waals surface area contributed by atoms with E-state index in [0.29, 0.717) is 22.3 Å². The van der Waals surface area contributed by atoms with Gasteiger partial charge in [0.05, 0.1) is 5.69 Å². The fourth-order valence-corrected chi connectivity index (χ4v) is 3.71. The monoisotopic (exact) mass is 433 g/mol. The number of nitrogens with one attached hydrogen (secondary N) is 2. The van der Waals surface area contributed by atoms with Crippen molar-refractivity contribution in [2.24, 2.45) is 0 Å². The molecule has 0 amide bonds. The zero-order valence-electron chi connectivity index (χ0n) is 17.5. The highest BCUT2D eigenvalue weighted by Gasteiger charge is 2.18. The van der Waals surface area contributed by atoms with Crippen molar-refractivity contribution in [2.75, 3.05) is 17.7 Å². The van der Waals surface area contributed by atoms with Crippen LogP contribution in [0.3, 0.4) is 0 Å². The number of hydrogen-bond donors (Lipinski definition) is 3. The van der Waals surface area contributed by atoms with Gasteiger partial charge in [-0.3, -0.25) is 4.98 Å². The summed E-state index contributed by atoms with van der Waals surface area (Å²) in [7, 11) is 1.84. The Labute approximate surface area is 184 Å². The molecule has 158 valence electrons. The van der Waals surface area contributed by atoms with E-state index in [4.69, 9.17) is 4.74 Å². The van der Waals surface area contributed by atoms with E-state index in [9.17, 15) is 5.11 Å². The maximum atomic E-state index is 10.2. The minimum Gasteiger partial charge on any atom is -0.444 e. The van der Waals surface area contributed by atoms with Crippen LogP contribution in [0.1, 0.15) is 19.5 Å². The fourth-order valence-electron chi connectivity index (χ4n) is 2.90. The van der Waals surface area contributed by atoms with Gasteiger partial charge >= 0.3 is 0 Å². The normalized spacial score (nSPS) is 11.2. The molecule has 0 aliphatic rings. The van der Waals surface area contributed by atoms with Crippen molar-refractivity contribution in [3.63, 3.8) is 0 Å². The number of aromatic nitrogens is 3. The molecule has 4 aromatic rings. The van der Waals surface area contributed by atoms with Crippen LogP contribution in [0.5, 0.6) is 10.8 Å². The van der Waals surface area contributed by atoms with Crippen molar-refractivity contribution in [2.45, 2.75) is 19.4 Å². The average Bonchev–Trinajstić information content (AvgIpc) is 3.17. The van der Waals surface area contributed by atoms with Gasteiger partial charge in [0.1, 0.15) is 22.9 Å². The number of nitrogens with zero attached hydrogens (tertiary/aromatic N) is 3. The SMILES string of the molecule is CNc1nc(-c2ccccc2)c(Oc2ccnc(Nc3ccnc(C(C)(C)O)c3)c2)s1. The Morgan fingerprint density at radius 1 is 1.00 bits per heavy atom. The lowest BCUT2D eigenvalue weighted by atomic mass is 10.0. The van der Waals surface area contributed by atoms with E-state index in [2.05, 4.69) is 25.6 Å². The Morgan fingerprint density at radius 3 is 2.52 bits per heavy atom. The summed E-state index contributed by atoms with van der Waals surface area (Å²) in [5, 5.41) is 18.0. The van der Waals surface area contributed by atoms with Gasteiger partial charge in [-0.1, -0.05) is 41.7 Å². The quantitative estimate of drug-likeness (QED) is 0.359. The Morgan fingerprint density at radius 2 is 1.77 bits per heavy atom. The lowest BCUT2D eigenvalue weighted by Gasteiger charge is -2.17. The Balaban J connectivity index is 1.58. The Kier molecular flexibility index (Phi) is 5.83. The van der Waals surface area contributed by atoms with Gasteiger partial charge in [0.15, 0.2) is 5.13 Å². The van der Waals surface area contributed by atoms with E-state index in [1.807, 2.05) is 49.5 Å². The first-order valence-electron chi connectivity index (χ1n) is 9.76. The minimum absolute atomic E-state index is 0.571. The van der Waals surface area contributed by atoms with E-state index in [1.54, 1.807) is 38.4 Å².